The Bertz CT molecular complexity index is 1780. The second-order valence-corrected chi connectivity index (χ2v) is 11.7. The first-order valence-electron chi connectivity index (χ1n) is 19.2. The molecule has 2 fully saturated rings. The Morgan fingerprint density at radius 1 is 0.436 bits per heavy atom. The lowest BCUT2D eigenvalue weighted by atomic mass is 10.1. The summed E-state index contributed by atoms with van der Waals surface area (Å²) in [5.41, 5.74) is 4.22. The molecule has 0 saturated carbocycles. The lowest BCUT2D eigenvalue weighted by molar-refractivity contribution is -0.135. The summed E-state index contributed by atoms with van der Waals surface area (Å²) in [4.78, 5) is 11.7. The van der Waals surface area contributed by atoms with Gasteiger partial charge >= 0.3 is 5.97 Å². The van der Waals surface area contributed by atoms with Crippen LogP contribution in [0.3, 0.4) is 0 Å². The second kappa shape index (κ2) is 23.3. The van der Waals surface area contributed by atoms with Crippen molar-refractivity contribution in [2.45, 2.75) is 80.2 Å². The van der Waals surface area contributed by atoms with Gasteiger partial charge in [-0.1, -0.05) is 90.1 Å². The standard InChI is InChI=1S/C40H36O9.3C2H6/c41-40(39-27-48-39)49-37-19-17-35(18-20-37)45-24-31-7-5-29(6-8-31)22-43-33-11-9-32(10-12-33)42-21-28-1-3-30(4-2-28)23-44-34-13-15-36(16-14-34)46-25-38-26-47-38;3*1-2/h1-20,38-39H,21-27H2;3*1-2H3. The lowest BCUT2D eigenvalue weighted by Gasteiger charge is -2.11. The zero-order valence-electron chi connectivity index (χ0n) is 32.8. The zero-order valence-corrected chi connectivity index (χ0v) is 32.8. The molecule has 2 aliphatic heterocycles. The minimum Gasteiger partial charge on any atom is -0.491 e. The third-order valence-corrected chi connectivity index (χ3v) is 7.79. The van der Waals surface area contributed by atoms with E-state index in [2.05, 4.69) is 12.1 Å². The maximum absolute atomic E-state index is 11.7. The van der Waals surface area contributed by atoms with Gasteiger partial charge in [-0.2, -0.15) is 0 Å². The number of hydrogen-bond donors (Lipinski definition) is 0. The Morgan fingerprint density at radius 3 is 0.982 bits per heavy atom. The third kappa shape index (κ3) is 15.0. The van der Waals surface area contributed by atoms with Gasteiger partial charge in [-0.15, -0.1) is 0 Å². The van der Waals surface area contributed by atoms with Crippen molar-refractivity contribution in [3.63, 3.8) is 0 Å². The Balaban J connectivity index is 0.00000107. The highest BCUT2D eigenvalue weighted by atomic mass is 16.6. The largest absolute Gasteiger partial charge is 0.491 e. The van der Waals surface area contributed by atoms with Gasteiger partial charge in [-0.3, -0.25) is 0 Å². The lowest BCUT2D eigenvalue weighted by Crippen LogP contribution is -2.14. The van der Waals surface area contributed by atoms with Crippen LogP contribution >= 0.6 is 0 Å². The van der Waals surface area contributed by atoms with Crippen molar-refractivity contribution in [1.82, 2.24) is 0 Å². The predicted molar refractivity (Wildman–Crippen MR) is 214 cm³/mol. The van der Waals surface area contributed by atoms with Crippen molar-refractivity contribution in [1.29, 1.82) is 0 Å². The molecule has 9 heteroatoms. The molecule has 0 N–H and O–H groups in total. The molecular formula is C46H54O9. The minimum atomic E-state index is -0.428. The van der Waals surface area contributed by atoms with Crippen molar-refractivity contribution in [2.24, 2.45) is 0 Å². The smallest absolute Gasteiger partial charge is 0.343 e. The molecule has 55 heavy (non-hydrogen) atoms. The van der Waals surface area contributed by atoms with Crippen LogP contribution in [0.25, 0.3) is 0 Å². The van der Waals surface area contributed by atoms with E-state index in [1.807, 2.05) is 126 Å². The molecule has 0 amide bonds. The highest BCUT2D eigenvalue weighted by molar-refractivity contribution is 5.79. The first-order chi connectivity index (χ1) is 27.1. The normalized spacial score (nSPS) is 14.5. The summed E-state index contributed by atoms with van der Waals surface area (Å²) >= 11 is 0. The Labute approximate surface area is 326 Å². The van der Waals surface area contributed by atoms with Gasteiger partial charge in [0.1, 0.15) is 73.6 Å². The third-order valence-electron chi connectivity index (χ3n) is 7.79. The van der Waals surface area contributed by atoms with Crippen molar-refractivity contribution in [3.8, 4) is 34.5 Å². The first-order valence-corrected chi connectivity index (χ1v) is 19.2. The van der Waals surface area contributed by atoms with E-state index in [1.54, 1.807) is 24.3 Å². The van der Waals surface area contributed by atoms with Crippen molar-refractivity contribution >= 4 is 5.97 Å². The summed E-state index contributed by atoms with van der Waals surface area (Å²) in [6, 6.07) is 38.5. The summed E-state index contributed by atoms with van der Waals surface area (Å²) in [5, 5.41) is 0. The van der Waals surface area contributed by atoms with Crippen LogP contribution in [0.5, 0.6) is 34.5 Å². The van der Waals surface area contributed by atoms with Gasteiger partial charge in [-0.05, 0) is 95.1 Å². The number of epoxide rings is 2. The van der Waals surface area contributed by atoms with E-state index < -0.39 is 6.10 Å². The SMILES string of the molecule is CC.CC.CC.O=C(Oc1ccc(OCc2ccc(COc3ccc(OCc4ccc(COc5ccc(OCC6CO6)cc5)cc4)cc3)cc2)cc1)C1CO1. The molecule has 5 aromatic rings. The van der Waals surface area contributed by atoms with Crippen molar-refractivity contribution in [2.75, 3.05) is 19.8 Å². The van der Waals surface area contributed by atoms with Crippen LogP contribution in [0.2, 0.25) is 0 Å². The maximum atomic E-state index is 11.7. The van der Waals surface area contributed by atoms with E-state index in [4.69, 9.17) is 37.9 Å². The molecule has 2 unspecified atom stereocenters. The second-order valence-electron chi connectivity index (χ2n) is 11.7. The fourth-order valence-electron chi connectivity index (χ4n) is 4.72. The molecule has 0 bridgehead atoms. The van der Waals surface area contributed by atoms with E-state index in [9.17, 15) is 4.79 Å². The monoisotopic (exact) mass is 750 g/mol. The molecule has 9 nitrogen and oxygen atoms in total. The topological polar surface area (TPSA) is 97.5 Å². The number of carbonyl (C=O) groups is 1. The Morgan fingerprint density at radius 2 is 0.709 bits per heavy atom. The van der Waals surface area contributed by atoms with E-state index in [0.29, 0.717) is 51.1 Å². The number of benzene rings is 5. The van der Waals surface area contributed by atoms with Gasteiger partial charge in [0.2, 0.25) is 0 Å². The summed E-state index contributed by atoms with van der Waals surface area (Å²) in [6.07, 6.45) is -0.189. The molecule has 5 aromatic carbocycles. The number of carbonyl (C=O) groups excluding carboxylic acids is 1. The van der Waals surface area contributed by atoms with Crippen LogP contribution < -0.4 is 28.4 Å². The van der Waals surface area contributed by atoms with E-state index in [1.165, 1.54) is 0 Å². The quantitative estimate of drug-likeness (QED) is 0.0523. The fourth-order valence-corrected chi connectivity index (χ4v) is 4.72. The molecule has 2 atom stereocenters. The minimum absolute atomic E-state index is 0.239. The Hall–Kier alpha value is -5.51. The summed E-state index contributed by atoms with van der Waals surface area (Å²) < 4.78 is 44.8. The van der Waals surface area contributed by atoms with Crippen LogP contribution in [-0.2, 0) is 40.7 Å². The van der Waals surface area contributed by atoms with Gasteiger partial charge in [-0.25, -0.2) is 4.79 Å². The molecular weight excluding hydrogens is 696 g/mol. The fraction of sp³-hybridized carbons (Fsp3) is 0.326. The number of hydrogen-bond acceptors (Lipinski definition) is 9. The van der Waals surface area contributed by atoms with Gasteiger partial charge in [0.15, 0.2) is 6.10 Å². The molecule has 0 spiro atoms. The maximum Gasteiger partial charge on any atom is 0.343 e. The highest BCUT2D eigenvalue weighted by Gasteiger charge is 2.33. The van der Waals surface area contributed by atoms with Gasteiger partial charge < -0.3 is 37.9 Å². The van der Waals surface area contributed by atoms with Crippen molar-refractivity contribution in [3.05, 3.63) is 144 Å². The van der Waals surface area contributed by atoms with Gasteiger partial charge in [0.05, 0.1) is 13.2 Å². The Kier molecular flexibility index (Phi) is 17.9. The molecule has 2 aliphatic rings. The summed E-state index contributed by atoms with van der Waals surface area (Å²) in [5.74, 6) is 3.92. The highest BCUT2D eigenvalue weighted by Crippen LogP contribution is 2.24. The van der Waals surface area contributed by atoms with Crippen LogP contribution in [0, 0.1) is 0 Å². The van der Waals surface area contributed by atoms with Gasteiger partial charge in [0, 0.05) is 0 Å². The average molecular weight is 751 g/mol. The molecule has 2 saturated heterocycles. The summed E-state index contributed by atoms with van der Waals surface area (Å²) in [7, 11) is 0. The molecule has 0 radical (unpaired) electrons. The zero-order chi connectivity index (χ0) is 39.3. The molecule has 0 aromatic heterocycles. The van der Waals surface area contributed by atoms with Crippen LogP contribution in [0.4, 0.5) is 0 Å². The molecule has 2 heterocycles. The van der Waals surface area contributed by atoms with E-state index in [-0.39, 0.29) is 12.1 Å². The van der Waals surface area contributed by atoms with Crippen LogP contribution in [-0.4, -0.2) is 38.0 Å². The van der Waals surface area contributed by atoms with Crippen LogP contribution in [0.1, 0.15) is 63.8 Å². The first kappa shape index (κ1) is 42.2. The number of esters is 1. The van der Waals surface area contributed by atoms with E-state index in [0.717, 1.165) is 51.9 Å². The number of ether oxygens (including phenoxy) is 8. The van der Waals surface area contributed by atoms with Crippen LogP contribution in [0.15, 0.2) is 121 Å². The molecule has 292 valence electrons. The predicted octanol–water partition coefficient (Wildman–Crippen LogP) is 10.2. The van der Waals surface area contributed by atoms with Gasteiger partial charge in [0.25, 0.3) is 0 Å². The molecule has 0 aliphatic carbocycles. The average Bonchev–Trinajstić information content (AvgIpc) is 4.20. The summed E-state index contributed by atoms with van der Waals surface area (Å²) in [6.45, 7) is 15.6. The van der Waals surface area contributed by atoms with Crippen molar-refractivity contribution < 1.29 is 42.7 Å². The number of rotatable bonds is 17. The molecule has 7 rings (SSSR count). The van der Waals surface area contributed by atoms with E-state index >= 15 is 0 Å².